The van der Waals surface area contributed by atoms with Gasteiger partial charge in [0, 0.05) is 19.6 Å². The highest BCUT2D eigenvalue weighted by atomic mass is 16.5. The molecule has 2 aromatic rings. The minimum absolute atomic E-state index is 0.0203. The average Bonchev–Trinajstić information content (AvgIpc) is 3.08. The van der Waals surface area contributed by atoms with Crippen molar-refractivity contribution in [2.75, 3.05) is 19.8 Å². The lowest BCUT2D eigenvalue weighted by Crippen LogP contribution is -2.54. The van der Waals surface area contributed by atoms with Crippen LogP contribution in [0.2, 0.25) is 0 Å². The van der Waals surface area contributed by atoms with E-state index >= 15 is 0 Å². The zero-order valence-corrected chi connectivity index (χ0v) is 18.8. The fourth-order valence-corrected chi connectivity index (χ4v) is 4.24. The fraction of sp³-hybridized carbons (Fsp3) is 0.320. The second-order valence-electron chi connectivity index (χ2n) is 8.11. The van der Waals surface area contributed by atoms with Crippen LogP contribution in [-0.2, 0) is 25.5 Å². The summed E-state index contributed by atoms with van der Waals surface area (Å²) in [5.74, 6) is -2.31. The van der Waals surface area contributed by atoms with E-state index in [1.54, 1.807) is 18.2 Å². The number of hydrogen-bond donors (Lipinski definition) is 2. The van der Waals surface area contributed by atoms with E-state index in [1.807, 2.05) is 31.2 Å². The first-order chi connectivity index (χ1) is 16.4. The molecular formula is C25H25N3O6. The molecule has 5 amide bonds. The molecule has 2 aliphatic heterocycles. The van der Waals surface area contributed by atoms with Crippen molar-refractivity contribution in [3.05, 3.63) is 59.2 Å². The lowest BCUT2D eigenvalue weighted by molar-refractivity contribution is -0.136. The number of fused-ring (bicyclic) bond motifs is 1. The Morgan fingerprint density at radius 1 is 1.09 bits per heavy atom. The third kappa shape index (κ3) is 4.60. The van der Waals surface area contributed by atoms with Crippen LogP contribution in [0.15, 0.2) is 42.5 Å². The van der Waals surface area contributed by atoms with Gasteiger partial charge in [0.2, 0.25) is 17.7 Å². The van der Waals surface area contributed by atoms with E-state index in [1.165, 1.54) is 0 Å². The van der Waals surface area contributed by atoms with Crippen LogP contribution in [0.25, 0.3) is 11.1 Å². The van der Waals surface area contributed by atoms with Crippen LogP contribution in [0, 0.1) is 0 Å². The van der Waals surface area contributed by atoms with Crippen molar-refractivity contribution < 1.29 is 28.7 Å². The molecule has 0 aliphatic carbocycles. The van der Waals surface area contributed by atoms with Gasteiger partial charge in [-0.3, -0.25) is 34.2 Å². The number of carbonyl (C=O) groups excluding carboxylic acids is 5. The van der Waals surface area contributed by atoms with E-state index < -0.39 is 29.7 Å². The van der Waals surface area contributed by atoms with Gasteiger partial charge in [0.25, 0.3) is 11.8 Å². The number of amides is 5. The van der Waals surface area contributed by atoms with Crippen molar-refractivity contribution >= 4 is 29.5 Å². The molecule has 1 fully saturated rings. The van der Waals surface area contributed by atoms with Gasteiger partial charge in [0.05, 0.1) is 11.1 Å². The van der Waals surface area contributed by atoms with Gasteiger partial charge >= 0.3 is 0 Å². The van der Waals surface area contributed by atoms with Crippen molar-refractivity contribution in [1.29, 1.82) is 0 Å². The summed E-state index contributed by atoms with van der Waals surface area (Å²) in [4.78, 5) is 62.9. The highest BCUT2D eigenvalue weighted by molar-refractivity contribution is 6.25. The smallest absolute Gasteiger partial charge is 0.262 e. The van der Waals surface area contributed by atoms with Crippen molar-refractivity contribution in [3.8, 4) is 11.1 Å². The monoisotopic (exact) mass is 463 g/mol. The molecule has 0 radical (unpaired) electrons. The summed E-state index contributed by atoms with van der Waals surface area (Å²) >= 11 is 0. The molecule has 2 heterocycles. The number of nitrogens with one attached hydrogen (secondary N) is 2. The molecule has 2 N–H and O–H groups in total. The van der Waals surface area contributed by atoms with Gasteiger partial charge in [-0.15, -0.1) is 0 Å². The standard InChI is InChI=1S/C25H25N3O6/c1-2-34-14-21(30)26-12-11-15-5-3-6-16(13-15)17-7-4-8-18-22(17)25(33)28(24(18)32)19-9-10-20(29)27-23(19)31/h3-8,13,19H,2,9-12,14H2,1H3,(H,26,30)(H,27,29,31). The van der Waals surface area contributed by atoms with Crippen LogP contribution in [0.3, 0.4) is 0 Å². The fourth-order valence-electron chi connectivity index (χ4n) is 4.24. The topological polar surface area (TPSA) is 122 Å². The van der Waals surface area contributed by atoms with Crippen molar-refractivity contribution in [1.82, 2.24) is 15.5 Å². The Balaban J connectivity index is 1.55. The number of nitrogens with zero attached hydrogens (tertiary/aromatic N) is 1. The number of hydrogen-bond acceptors (Lipinski definition) is 6. The second-order valence-corrected chi connectivity index (χ2v) is 8.11. The minimum Gasteiger partial charge on any atom is -0.372 e. The maximum absolute atomic E-state index is 13.3. The maximum atomic E-state index is 13.3. The van der Waals surface area contributed by atoms with Crippen LogP contribution in [0.4, 0.5) is 0 Å². The summed E-state index contributed by atoms with van der Waals surface area (Å²) in [5, 5.41) is 5.00. The first-order valence-corrected chi connectivity index (χ1v) is 11.2. The molecule has 1 unspecified atom stereocenters. The van der Waals surface area contributed by atoms with Gasteiger partial charge in [0.15, 0.2) is 0 Å². The molecule has 34 heavy (non-hydrogen) atoms. The Morgan fingerprint density at radius 3 is 2.62 bits per heavy atom. The van der Waals surface area contributed by atoms with E-state index in [-0.39, 0.29) is 36.5 Å². The first-order valence-electron chi connectivity index (χ1n) is 11.2. The lowest BCUT2D eigenvalue weighted by atomic mass is 9.95. The van der Waals surface area contributed by atoms with Crippen molar-refractivity contribution in [2.24, 2.45) is 0 Å². The summed E-state index contributed by atoms with van der Waals surface area (Å²) in [7, 11) is 0. The predicted molar refractivity (Wildman–Crippen MR) is 122 cm³/mol. The molecule has 0 spiro atoms. The SMILES string of the molecule is CCOCC(=O)NCCc1cccc(-c2cccc3c2C(=O)N(C2CCC(=O)NC2=O)C3=O)c1. The minimum atomic E-state index is -1.01. The number of imide groups is 2. The van der Waals surface area contributed by atoms with E-state index in [2.05, 4.69) is 10.6 Å². The summed E-state index contributed by atoms with van der Waals surface area (Å²) < 4.78 is 5.08. The lowest BCUT2D eigenvalue weighted by Gasteiger charge is -2.27. The Hall–Kier alpha value is -3.85. The number of rotatable bonds is 8. The van der Waals surface area contributed by atoms with Gasteiger partial charge in [-0.25, -0.2) is 0 Å². The Morgan fingerprint density at radius 2 is 1.85 bits per heavy atom. The highest BCUT2D eigenvalue weighted by Gasteiger charge is 2.45. The van der Waals surface area contributed by atoms with Gasteiger partial charge in [-0.05, 0) is 42.5 Å². The predicted octanol–water partition coefficient (Wildman–Crippen LogP) is 1.45. The Bertz CT molecular complexity index is 1170. The van der Waals surface area contributed by atoms with Gasteiger partial charge in [-0.2, -0.15) is 0 Å². The zero-order valence-electron chi connectivity index (χ0n) is 18.8. The van der Waals surface area contributed by atoms with E-state index in [0.29, 0.717) is 25.1 Å². The molecule has 4 rings (SSSR count). The molecule has 9 heteroatoms. The summed E-state index contributed by atoms with van der Waals surface area (Å²) in [6.07, 6.45) is 0.756. The Labute approximate surface area is 196 Å². The largest absolute Gasteiger partial charge is 0.372 e. The zero-order chi connectivity index (χ0) is 24.2. The van der Waals surface area contributed by atoms with Crippen LogP contribution in [0.5, 0.6) is 0 Å². The van der Waals surface area contributed by atoms with Crippen LogP contribution < -0.4 is 10.6 Å². The normalized spacial score (nSPS) is 17.6. The van der Waals surface area contributed by atoms with Crippen molar-refractivity contribution in [2.45, 2.75) is 32.2 Å². The molecule has 2 aliphatic rings. The molecule has 0 bridgehead atoms. The average molecular weight is 463 g/mol. The van der Waals surface area contributed by atoms with Crippen LogP contribution in [0.1, 0.15) is 46.0 Å². The van der Waals surface area contributed by atoms with Crippen LogP contribution in [-0.4, -0.2) is 60.2 Å². The molecule has 0 aromatic heterocycles. The molecule has 9 nitrogen and oxygen atoms in total. The van der Waals surface area contributed by atoms with Gasteiger partial charge in [0.1, 0.15) is 12.6 Å². The molecule has 176 valence electrons. The number of ether oxygens (including phenoxy) is 1. The molecular weight excluding hydrogens is 438 g/mol. The van der Waals surface area contributed by atoms with E-state index in [0.717, 1.165) is 16.0 Å². The van der Waals surface area contributed by atoms with E-state index in [4.69, 9.17) is 4.74 Å². The quantitative estimate of drug-likeness (QED) is 0.572. The van der Waals surface area contributed by atoms with E-state index in [9.17, 15) is 24.0 Å². The summed E-state index contributed by atoms with van der Waals surface area (Å²) in [6, 6.07) is 11.6. The summed E-state index contributed by atoms with van der Waals surface area (Å²) in [5.41, 5.74) is 2.78. The number of benzene rings is 2. The van der Waals surface area contributed by atoms with Gasteiger partial charge < -0.3 is 10.1 Å². The third-order valence-corrected chi connectivity index (χ3v) is 5.88. The van der Waals surface area contributed by atoms with Gasteiger partial charge in [-0.1, -0.05) is 36.4 Å². The maximum Gasteiger partial charge on any atom is 0.262 e. The second kappa shape index (κ2) is 9.96. The van der Waals surface area contributed by atoms with Crippen LogP contribution >= 0.6 is 0 Å². The molecule has 1 saturated heterocycles. The highest BCUT2D eigenvalue weighted by Crippen LogP contribution is 2.35. The molecule has 2 aromatic carbocycles. The third-order valence-electron chi connectivity index (χ3n) is 5.88. The molecule has 0 saturated carbocycles. The Kier molecular flexibility index (Phi) is 6.83. The molecule has 1 atom stereocenters. The number of carbonyl (C=O) groups is 5. The summed E-state index contributed by atoms with van der Waals surface area (Å²) in [6.45, 7) is 2.75. The van der Waals surface area contributed by atoms with Crippen molar-refractivity contribution in [3.63, 3.8) is 0 Å². The number of piperidine rings is 1. The first kappa shape index (κ1) is 23.3.